The summed E-state index contributed by atoms with van der Waals surface area (Å²) in [5.74, 6) is 0.205. The van der Waals surface area contributed by atoms with E-state index in [9.17, 15) is 5.11 Å². The summed E-state index contributed by atoms with van der Waals surface area (Å²) < 4.78 is 0. The van der Waals surface area contributed by atoms with Crippen molar-refractivity contribution in [2.24, 2.45) is 0 Å². The number of pyridine rings is 1. The number of phenolic OH excluding ortho intramolecular Hbond substituents is 1. The van der Waals surface area contributed by atoms with Gasteiger partial charge in [-0.1, -0.05) is 66.7 Å². The van der Waals surface area contributed by atoms with Gasteiger partial charge in [-0.3, -0.25) is 9.97 Å². The number of phenols is 1. The molecule has 0 unspecified atom stereocenters. The van der Waals surface area contributed by atoms with Crippen LogP contribution in [0.3, 0.4) is 0 Å². The zero-order valence-electron chi connectivity index (χ0n) is 21.7. The van der Waals surface area contributed by atoms with E-state index in [2.05, 4.69) is 82.8 Å². The molecule has 4 nitrogen and oxygen atoms in total. The van der Waals surface area contributed by atoms with Crippen molar-refractivity contribution in [1.82, 2.24) is 15.0 Å². The molecule has 7 rings (SSSR count). The molecule has 0 saturated carbocycles. The third kappa shape index (κ3) is 3.91. The maximum atomic E-state index is 10.6. The van der Waals surface area contributed by atoms with Crippen molar-refractivity contribution >= 4 is 0 Å². The zero-order valence-corrected chi connectivity index (χ0v) is 23.9. The molecule has 1 aliphatic carbocycles. The Hall–Kier alpha value is -4.40. The maximum Gasteiger partial charge on any atom is 0.124 e. The van der Waals surface area contributed by atoms with Gasteiger partial charge in [-0.15, -0.1) is 35.4 Å². The molecule has 4 aromatic carbocycles. The van der Waals surface area contributed by atoms with Gasteiger partial charge >= 0.3 is 0 Å². The number of aromatic nitrogens is 3. The van der Waals surface area contributed by atoms with Gasteiger partial charge in [0.1, 0.15) is 12.1 Å². The fraction of sp³-hybridized carbons (Fsp3) is 0.0571. The SMILES string of the molecule is Cc1cncnc1-c1[c-]c(C2(c3cccc(-c4ccccc4O)n3)c3ccccc3-c3ccccc32)ccc1.[Pt]. The predicted octanol–water partition coefficient (Wildman–Crippen LogP) is 7.38. The minimum atomic E-state index is -0.718. The van der Waals surface area contributed by atoms with Crippen molar-refractivity contribution in [3.63, 3.8) is 0 Å². The van der Waals surface area contributed by atoms with Crippen LogP contribution in [0.2, 0.25) is 0 Å². The Labute approximate surface area is 247 Å². The van der Waals surface area contributed by atoms with Crippen molar-refractivity contribution in [1.29, 1.82) is 0 Å². The second kappa shape index (κ2) is 10.3. The van der Waals surface area contributed by atoms with E-state index in [0.29, 0.717) is 5.56 Å². The molecule has 0 saturated heterocycles. The smallest absolute Gasteiger partial charge is 0.124 e. The Balaban J connectivity index is 0.00000289. The number of hydrogen-bond acceptors (Lipinski definition) is 4. The van der Waals surface area contributed by atoms with Gasteiger partial charge in [-0.05, 0) is 64.7 Å². The van der Waals surface area contributed by atoms with Crippen molar-refractivity contribution < 1.29 is 26.2 Å². The molecular formula is C35H24N3OPt-. The largest absolute Gasteiger partial charge is 0.507 e. The monoisotopic (exact) mass is 697 g/mol. The maximum absolute atomic E-state index is 10.6. The van der Waals surface area contributed by atoms with Crippen LogP contribution in [0.4, 0.5) is 0 Å². The summed E-state index contributed by atoms with van der Waals surface area (Å²) in [5.41, 5.74) is 9.98. The quantitative estimate of drug-likeness (QED) is 0.195. The van der Waals surface area contributed by atoms with Crippen LogP contribution in [-0.2, 0) is 26.5 Å². The van der Waals surface area contributed by atoms with Crippen LogP contribution in [0.15, 0.2) is 122 Å². The predicted molar refractivity (Wildman–Crippen MR) is 153 cm³/mol. The van der Waals surface area contributed by atoms with Crippen LogP contribution in [0.25, 0.3) is 33.6 Å². The fourth-order valence-electron chi connectivity index (χ4n) is 5.93. The Morgan fingerprint density at radius 3 is 2.05 bits per heavy atom. The minimum Gasteiger partial charge on any atom is -0.507 e. The van der Waals surface area contributed by atoms with Gasteiger partial charge in [0, 0.05) is 32.8 Å². The Bertz CT molecular complexity index is 1730. The standard InChI is InChI=1S/C35H24N3O.Pt/c1-23-21-36-22-37-34(23)24-10-8-11-25(20-24)35(29-15-5-2-12-26(29)27-13-3-6-16-30(27)35)33-19-9-17-31(38-33)28-14-4-7-18-32(28)39;/h2-19,21-22,39H,1H3;/q-1;. The van der Waals surface area contributed by atoms with E-state index < -0.39 is 5.41 Å². The number of nitrogens with zero attached hydrogens (tertiary/aromatic N) is 3. The summed E-state index contributed by atoms with van der Waals surface area (Å²) in [5, 5.41) is 10.6. The Kier molecular flexibility index (Phi) is 6.65. The van der Waals surface area contributed by atoms with Gasteiger partial charge in [-0.25, -0.2) is 4.98 Å². The molecule has 40 heavy (non-hydrogen) atoms. The molecule has 0 radical (unpaired) electrons. The Morgan fingerprint density at radius 2 is 1.35 bits per heavy atom. The number of aryl methyl sites for hydroxylation is 1. The average molecular weight is 698 g/mol. The molecule has 6 aromatic rings. The van der Waals surface area contributed by atoms with Gasteiger partial charge in [0.2, 0.25) is 0 Å². The molecule has 2 heterocycles. The zero-order chi connectivity index (χ0) is 26.4. The third-order valence-electron chi connectivity index (χ3n) is 7.62. The summed E-state index contributed by atoms with van der Waals surface area (Å²) in [6.07, 6.45) is 3.41. The second-order valence-corrected chi connectivity index (χ2v) is 9.80. The topological polar surface area (TPSA) is 58.9 Å². The number of rotatable bonds is 4. The molecule has 5 heteroatoms. The first-order valence-electron chi connectivity index (χ1n) is 12.9. The van der Waals surface area contributed by atoms with Gasteiger partial charge < -0.3 is 5.11 Å². The number of fused-ring (bicyclic) bond motifs is 3. The van der Waals surface area contributed by atoms with E-state index in [4.69, 9.17) is 4.98 Å². The van der Waals surface area contributed by atoms with Crippen LogP contribution < -0.4 is 0 Å². The van der Waals surface area contributed by atoms with Crippen molar-refractivity contribution in [3.8, 4) is 39.4 Å². The molecule has 0 aliphatic heterocycles. The summed E-state index contributed by atoms with van der Waals surface area (Å²) in [4.78, 5) is 14.0. The molecule has 0 amide bonds. The van der Waals surface area contributed by atoms with Gasteiger partial charge in [-0.2, -0.15) is 0 Å². The fourth-order valence-corrected chi connectivity index (χ4v) is 5.93. The molecule has 0 spiro atoms. The molecular weight excluding hydrogens is 673 g/mol. The molecule has 2 aromatic heterocycles. The first-order valence-corrected chi connectivity index (χ1v) is 12.9. The first-order chi connectivity index (χ1) is 19.2. The first kappa shape index (κ1) is 25.9. The van der Waals surface area contributed by atoms with E-state index in [1.165, 1.54) is 11.1 Å². The number of aromatic hydroxyl groups is 1. The van der Waals surface area contributed by atoms with Crippen LogP contribution in [0, 0.1) is 13.0 Å². The average Bonchev–Trinajstić information content (AvgIpc) is 3.29. The van der Waals surface area contributed by atoms with Crippen molar-refractivity contribution in [2.45, 2.75) is 12.3 Å². The van der Waals surface area contributed by atoms with E-state index in [-0.39, 0.29) is 26.8 Å². The molecule has 0 fully saturated rings. The molecule has 1 aliphatic rings. The summed E-state index contributed by atoms with van der Waals surface area (Å²) in [6.45, 7) is 2.02. The molecule has 1 N–H and O–H groups in total. The Morgan fingerprint density at radius 1 is 0.700 bits per heavy atom. The van der Waals surface area contributed by atoms with Crippen molar-refractivity contribution in [3.05, 3.63) is 156 Å². The number of benzene rings is 4. The van der Waals surface area contributed by atoms with E-state index in [1.54, 1.807) is 12.4 Å². The summed E-state index contributed by atoms with van der Waals surface area (Å²) in [7, 11) is 0. The number of hydrogen-bond donors (Lipinski definition) is 1. The van der Waals surface area contributed by atoms with Gasteiger partial charge in [0.25, 0.3) is 0 Å². The minimum absolute atomic E-state index is 0. The van der Waals surface area contributed by atoms with Gasteiger partial charge in [0.15, 0.2) is 0 Å². The van der Waals surface area contributed by atoms with Crippen LogP contribution >= 0.6 is 0 Å². The van der Waals surface area contributed by atoms with E-state index in [1.807, 2.05) is 49.5 Å². The van der Waals surface area contributed by atoms with Crippen LogP contribution in [-0.4, -0.2) is 20.1 Å². The van der Waals surface area contributed by atoms with Crippen LogP contribution in [0.5, 0.6) is 5.75 Å². The normalized spacial score (nSPS) is 12.7. The third-order valence-corrected chi connectivity index (χ3v) is 7.62. The van der Waals surface area contributed by atoms with E-state index in [0.717, 1.165) is 44.9 Å². The molecule has 0 bridgehead atoms. The number of para-hydroxylation sites is 1. The molecule has 196 valence electrons. The van der Waals surface area contributed by atoms with E-state index >= 15 is 0 Å². The molecule has 0 atom stereocenters. The summed E-state index contributed by atoms with van der Waals surface area (Å²) >= 11 is 0. The van der Waals surface area contributed by atoms with Gasteiger partial charge in [0.05, 0.1) is 16.8 Å². The summed E-state index contributed by atoms with van der Waals surface area (Å²) in [6, 6.07) is 40.5. The van der Waals surface area contributed by atoms with Crippen molar-refractivity contribution in [2.75, 3.05) is 0 Å². The van der Waals surface area contributed by atoms with Crippen LogP contribution in [0.1, 0.15) is 27.9 Å². The second-order valence-electron chi connectivity index (χ2n) is 9.80.